The lowest BCUT2D eigenvalue weighted by atomic mass is 10.1. The van der Waals surface area contributed by atoms with Gasteiger partial charge in [0.15, 0.2) is 6.61 Å². The number of anilines is 1. The molecule has 7 nitrogen and oxygen atoms in total. The Labute approximate surface area is 131 Å². The Bertz CT molecular complexity index is 680. The number of ether oxygens (including phenoxy) is 1. The summed E-state index contributed by atoms with van der Waals surface area (Å²) >= 11 is 0. The number of nitrogens with zero attached hydrogens (tertiary/aromatic N) is 2. The molecular weight excluding hydrogens is 307 g/mol. The molecule has 1 atom stereocenters. The van der Waals surface area contributed by atoms with Crippen LogP contribution in [0.3, 0.4) is 0 Å². The van der Waals surface area contributed by atoms with Gasteiger partial charge in [-0.2, -0.15) is 0 Å². The van der Waals surface area contributed by atoms with Gasteiger partial charge in [0.05, 0.1) is 12.2 Å². The van der Waals surface area contributed by atoms with Crippen molar-refractivity contribution in [1.29, 1.82) is 0 Å². The van der Waals surface area contributed by atoms with E-state index in [1.807, 2.05) is 0 Å². The summed E-state index contributed by atoms with van der Waals surface area (Å²) in [6.45, 7) is -0.926. The number of carboxylic acid groups (broad SMARTS) is 1. The van der Waals surface area contributed by atoms with Crippen LogP contribution in [0, 0.1) is 0 Å². The molecule has 0 saturated carbocycles. The molecule has 1 aromatic rings. The van der Waals surface area contributed by atoms with Gasteiger partial charge in [0.1, 0.15) is 12.3 Å². The van der Waals surface area contributed by atoms with Crippen LogP contribution in [0.5, 0.6) is 5.75 Å². The summed E-state index contributed by atoms with van der Waals surface area (Å²) in [5, 5.41) is 8.87. The molecule has 1 N–H and O–H groups in total. The number of fused-ring (bicyclic) bond motifs is 1. The van der Waals surface area contributed by atoms with E-state index in [1.165, 1.54) is 4.90 Å². The molecule has 1 fully saturated rings. The maximum Gasteiger partial charge on any atom is 0.343 e. The largest absolute Gasteiger partial charge is 0.482 e. The zero-order valence-electron chi connectivity index (χ0n) is 12.2. The van der Waals surface area contributed by atoms with E-state index in [4.69, 9.17) is 9.84 Å². The fourth-order valence-corrected chi connectivity index (χ4v) is 2.72. The quantitative estimate of drug-likeness (QED) is 0.872. The van der Waals surface area contributed by atoms with Gasteiger partial charge in [0.25, 0.3) is 5.91 Å². The summed E-state index contributed by atoms with van der Waals surface area (Å²) in [4.78, 5) is 37.6. The Hall–Kier alpha value is -2.64. The van der Waals surface area contributed by atoms with Gasteiger partial charge in [-0.1, -0.05) is 12.1 Å². The summed E-state index contributed by atoms with van der Waals surface area (Å²) in [6, 6.07) is 6.80. The third kappa shape index (κ3) is 2.71. The number of carboxylic acids is 1. The van der Waals surface area contributed by atoms with Crippen LogP contribution < -0.4 is 9.64 Å². The Morgan fingerprint density at radius 1 is 1.35 bits per heavy atom. The van der Waals surface area contributed by atoms with Crippen molar-refractivity contribution in [1.82, 2.24) is 4.90 Å². The van der Waals surface area contributed by atoms with Crippen LogP contribution in [0.2, 0.25) is 0 Å². The van der Waals surface area contributed by atoms with Crippen molar-refractivity contribution in [2.24, 2.45) is 0 Å². The van der Waals surface area contributed by atoms with E-state index < -0.39 is 24.1 Å². The molecule has 1 saturated heterocycles. The van der Waals surface area contributed by atoms with Crippen LogP contribution in [0.1, 0.15) is 6.42 Å². The molecule has 23 heavy (non-hydrogen) atoms. The lowest BCUT2D eigenvalue weighted by Gasteiger charge is -2.30. The second kappa shape index (κ2) is 5.53. The zero-order chi connectivity index (χ0) is 16.6. The molecule has 0 radical (unpaired) electrons. The van der Waals surface area contributed by atoms with Crippen LogP contribution in [0.4, 0.5) is 10.1 Å². The topological polar surface area (TPSA) is 87.2 Å². The van der Waals surface area contributed by atoms with Gasteiger partial charge in [0.2, 0.25) is 11.6 Å². The number of carbonyl (C=O) groups excluding carboxylic acids is 2. The van der Waals surface area contributed by atoms with E-state index in [9.17, 15) is 18.8 Å². The highest BCUT2D eigenvalue weighted by Crippen LogP contribution is 2.32. The van der Waals surface area contributed by atoms with Crippen molar-refractivity contribution in [2.75, 3.05) is 31.1 Å². The second-order valence-electron chi connectivity index (χ2n) is 5.57. The van der Waals surface area contributed by atoms with Gasteiger partial charge in [-0.05, 0) is 12.1 Å². The number of hydrogen-bond acceptors (Lipinski definition) is 4. The molecule has 0 bridgehead atoms. The molecule has 8 heteroatoms. The average Bonchev–Trinajstić information content (AvgIpc) is 2.94. The molecule has 2 aliphatic rings. The van der Waals surface area contributed by atoms with Crippen LogP contribution in [-0.4, -0.2) is 59.7 Å². The van der Waals surface area contributed by atoms with Crippen molar-refractivity contribution >= 4 is 23.5 Å². The number of rotatable bonds is 3. The number of para-hydroxylation sites is 2. The summed E-state index contributed by atoms with van der Waals surface area (Å²) < 4.78 is 19.3. The fraction of sp³-hybridized carbons (Fsp3) is 0.400. The maximum absolute atomic E-state index is 14.0. The number of alkyl halides is 1. The molecule has 0 spiro atoms. The third-order valence-electron chi connectivity index (χ3n) is 4.06. The van der Waals surface area contributed by atoms with Gasteiger partial charge in [0, 0.05) is 13.0 Å². The number of hydrogen-bond donors (Lipinski definition) is 1. The van der Waals surface area contributed by atoms with E-state index in [2.05, 4.69) is 0 Å². The minimum absolute atomic E-state index is 0.0157. The first-order valence-electron chi connectivity index (χ1n) is 7.13. The van der Waals surface area contributed by atoms with Crippen molar-refractivity contribution in [3.05, 3.63) is 24.3 Å². The normalized spacial score (nSPS) is 23.4. The zero-order valence-corrected chi connectivity index (χ0v) is 12.2. The molecule has 122 valence electrons. The minimum atomic E-state index is -2.41. The van der Waals surface area contributed by atoms with Gasteiger partial charge in [-0.15, -0.1) is 0 Å². The van der Waals surface area contributed by atoms with E-state index in [1.54, 1.807) is 24.3 Å². The monoisotopic (exact) mass is 322 g/mol. The van der Waals surface area contributed by atoms with Crippen LogP contribution in [0.25, 0.3) is 0 Å². The number of halogens is 1. The molecular formula is C15H15FN2O5. The molecule has 1 aromatic carbocycles. The van der Waals surface area contributed by atoms with E-state index >= 15 is 0 Å². The van der Waals surface area contributed by atoms with Gasteiger partial charge >= 0.3 is 5.97 Å². The van der Waals surface area contributed by atoms with Crippen molar-refractivity contribution in [2.45, 2.75) is 12.1 Å². The van der Waals surface area contributed by atoms with Crippen molar-refractivity contribution in [3.63, 3.8) is 0 Å². The molecule has 2 heterocycles. The first-order valence-corrected chi connectivity index (χ1v) is 7.13. The maximum atomic E-state index is 14.0. The molecule has 0 aromatic heterocycles. The SMILES string of the molecule is O=C(CN1C(=O)COc2ccccc21)N1CCC(F)(C(=O)O)C1. The highest BCUT2D eigenvalue weighted by atomic mass is 19.1. The minimum Gasteiger partial charge on any atom is -0.482 e. The van der Waals surface area contributed by atoms with Gasteiger partial charge < -0.3 is 14.7 Å². The van der Waals surface area contributed by atoms with E-state index in [0.717, 1.165) is 4.90 Å². The van der Waals surface area contributed by atoms with Gasteiger partial charge in [-0.3, -0.25) is 14.5 Å². The lowest BCUT2D eigenvalue weighted by Crippen LogP contribution is -2.47. The van der Waals surface area contributed by atoms with E-state index in [0.29, 0.717) is 11.4 Å². The Morgan fingerprint density at radius 2 is 2.09 bits per heavy atom. The average molecular weight is 322 g/mol. The number of carbonyl (C=O) groups is 3. The van der Waals surface area contributed by atoms with Crippen LogP contribution in [-0.2, 0) is 14.4 Å². The highest BCUT2D eigenvalue weighted by molar-refractivity contribution is 6.02. The molecule has 0 aliphatic carbocycles. The van der Waals surface area contributed by atoms with E-state index in [-0.39, 0.29) is 32.0 Å². The van der Waals surface area contributed by atoms with Crippen molar-refractivity contribution in [3.8, 4) is 5.75 Å². The summed E-state index contributed by atoms with van der Waals surface area (Å²) in [5.41, 5.74) is -1.94. The third-order valence-corrected chi connectivity index (χ3v) is 4.06. The first-order chi connectivity index (χ1) is 10.9. The number of benzene rings is 1. The predicted octanol–water partition coefficient (Wildman–Crippen LogP) is 0.437. The number of aliphatic carboxylic acids is 1. The van der Waals surface area contributed by atoms with Crippen molar-refractivity contribution < 1.29 is 28.6 Å². The molecule has 3 rings (SSSR count). The van der Waals surface area contributed by atoms with Crippen LogP contribution >= 0.6 is 0 Å². The number of likely N-dealkylation sites (tertiary alicyclic amines) is 1. The molecule has 1 unspecified atom stereocenters. The number of amides is 2. The Kier molecular flexibility index (Phi) is 3.67. The fourth-order valence-electron chi connectivity index (χ4n) is 2.72. The predicted molar refractivity (Wildman–Crippen MR) is 77.0 cm³/mol. The van der Waals surface area contributed by atoms with Gasteiger partial charge in [-0.25, -0.2) is 9.18 Å². The van der Waals surface area contributed by atoms with Crippen LogP contribution in [0.15, 0.2) is 24.3 Å². The molecule has 2 aliphatic heterocycles. The Morgan fingerprint density at radius 3 is 2.78 bits per heavy atom. The molecule has 2 amide bonds. The summed E-state index contributed by atoms with van der Waals surface area (Å²) in [6.07, 6.45) is -0.248. The second-order valence-corrected chi connectivity index (χ2v) is 5.57. The summed E-state index contributed by atoms with van der Waals surface area (Å²) in [7, 11) is 0. The smallest absolute Gasteiger partial charge is 0.343 e. The highest BCUT2D eigenvalue weighted by Gasteiger charge is 2.47. The lowest BCUT2D eigenvalue weighted by molar-refractivity contribution is -0.150. The first kappa shape index (κ1) is 15.3. The standard InChI is InChI=1S/C15H15FN2O5/c16-15(14(21)22)5-6-17(9-15)12(19)7-18-10-3-1-2-4-11(10)23-8-13(18)20/h1-4H,5-9H2,(H,21,22). The summed E-state index contributed by atoms with van der Waals surface area (Å²) in [5.74, 6) is -1.94. The Balaban J connectivity index is 1.74.